The molecule has 0 radical (unpaired) electrons. The number of aryl methyl sites for hydroxylation is 1. The number of rotatable bonds is 9. The Hall–Kier alpha value is -2.15. The molecule has 0 heterocycles. The van der Waals surface area contributed by atoms with Gasteiger partial charge in [0.1, 0.15) is 6.10 Å². The van der Waals surface area contributed by atoms with E-state index < -0.39 is 10.0 Å². The maximum Gasteiger partial charge on any atom is 0.302 e. The molecule has 0 unspecified atom stereocenters. The molecule has 43 heavy (non-hydrogen) atoms. The summed E-state index contributed by atoms with van der Waals surface area (Å²) in [6.45, 7) is 15.5. The minimum Gasteiger partial charge on any atom is -0.462 e. The highest BCUT2D eigenvalue weighted by atomic mass is 32.2. The van der Waals surface area contributed by atoms with E-state index in [-0.39, 0.29) is 33.7 Å². The zero-order chi connectivity index (χ0) is 31.2. The lowest BCUT2D eigenvalue weighted by atomic mass is 9.46. The van der Waals surface area contributed by atoms with Crippen LogP contribution in [-0.2, 0) is 19.6 Å². The van der Waals surface area contributed by atoms with Gasteiger partial charge in [-0.1, -0.05) is 77.2 Å². The van der Waals surface area contributed by atoms with Crippen LogP contribution >= 0.6 is 0 Å². The first kappa shape index (κ1) is 32.2. The first-order chi connectivity index (χ1) is 20.2. The number of fused-ring (bicyclic) bond motifs is 5. The van der Waals surface area contributed by atoms with E-state index in [1.54, 1.807) is 12.1 Å². The van der Waals surface area contributed by atoms with Gasteiger partial charge in [0.25, 0.3) is 10.0 Å². The molecule has 0 saturated heterocycles. The first-order valence-electron chi connectivity index (χ1n) is 16.8. The van der Waals surface area contributed by atoms with Crippen molar-refractivity contribution < 1.29 is 17.9 Å². The van der Waals surface area contributed by atoms with Crippen molar-refractivity contribution in [1.29, 1.82) is 0 Å². The lowest BCUT2D eigenvalue weighted by Gasteiger charge is -2.58. The van der Waals surface area contributed by atoms with Gasteiger partial charge in [0.05, 0.1) is 10.6 Å². The topological polar surface area (TPSA) is 84.8 Å². The minimum absolute atomic E-state index is 0.0124. The van der Waals surface area contributed by atoms with E-state index in [0.29, 0.717) is 30.1 Å². The van der Waals surface area contributed by atoms with E-state index in [1.807, 2.05) is 19.1 Å². The average Bonchev–Trinajstić information content (AvgIpc) is 3.29. The van der Waals surface area contributed by atoms with E-state index in [0.717, 1.165) is 36.5 Å². The molecule has 3 fully saturated rings. The SMILES string of the molecule is CC(=O)O[C@H]1CC[C@@]2(C)C(=C/C(=N\NS(=O)(=O)c3ccc(C)cc3)[C@H]3[C@@H]4CC[C@H]([C@@H](C)CCCC(C)C)[C@@]4(C)CC[C@@H]32)C1. The van der Waals surface area contributed by atoms with Gasteiger partial charge in [0, 0.05) is 19.3 Å². The molecule has 0 bridgehead atoms. The van der Waals surface area contributed by atoms with Crippen LogP contribution in [0.15, 0.2) is 45.9 Å². The molecule has 5 rings (SSSR count). The highest BCUT2D eigenvalue weighted by Gasteiger charge is 2.61. The number of hydrogen-bond acceptors (Lipinski definition) is 5. The summed E-state index contributed by atoms with van der Waals surface area (Å²) in [5, 5.41) is 4.77. The van der Waals surface area contributed by atoms with Gasteiger partial charge >= 0.3 is 5.97 Å². The summed E-state index contributed by atoms with van der Waals surface area (Å²) in [4.78, 5) is 14.7. The third-order valence-corrected chi connectivity index (χ3v) is 13.3. The zero-order valence-corrected chi connectivity index (χ0v) is 28.3. The summed E-state index contributed by atoms with van der Waals surface area (Å²) in [5.74, 6) is 2.98. The standard InChI is InChI=1S/C36H54N2O4S/c1-23(2)9-8-10-25(4)30-15-16-31-34-32(18-20-36(30,31)7)35(6)19-17-28(42-26(5)39)21-27(35)22-33(34)37-38-43(40,41)29-13-11-24(3)12-14-29/h11-14,22-23,25,28,30-32,34,38H,8-10,15-21H2,1-7H3/b37-33+/t25-,28-,30+,31-,32-,34-,35-,36+/m0/s1. The Labute approximate surface area is 260 Å². The molecule has 1 aromatic carbocycles. The monoisotopic (exact) mass is 610 g/mol. The molecule has 6 nitrogen and oxygen atoms in total. The summed E-state index contributed by atoms with van der Waals surface area (Å²) in [6.07, 6.45) is 13.3. The third-order valence-electron chi connectivity index (χ3n) is 12.1. The third kappa shape index (κ3) is 6.35. The Morgan fingerprint density at radius 1 is 1.02 bits per heavy atom. The van der Waals surface area contributed by atoms with Crippen LogP contribution in [0.1, 0.15) is 111 Å². The van der Waals surface area contributed by atoms with Gasteiger partial charge in [0.2, 0.25) is 0 Å². The zero-order valence-electron chi connectivity index (χ0n) is 27.5. The fraction of sp³-hybridized carbons (Fsp3) is 0.722. The van der Waals surface area contributed by atoms with Crippen molar-refractivity contribution >= 4 is 21.7 Å². The molecule has 238 valence electrons. The number of nitrogens with one attached hydrogen (secondary N) is 1. The van der Waals surface area contributed by atoms with Gasteiger partial charge in [-0.15, -0.1) is 0 Å². The van der Waals surface area contributed by atoms with Crippen LogP contribution in [0.3, 0.4) is 0 Å². The Morgan fingerprint density at radius 2 is 1.74 bits per heavy atom. The lowest BCUT2D eigenvalue weighted by Crippen LogP contribution is -2.54. The van der Waals surface area contributed by atoms with Gasteiger partial charge in [-0.25, -0.2) is 0 Å². The van der Waals surface area contributed by atoms with Crippen molar-refractivity contribution in [3.8, 4) is 0 Å². The molecule has 4 aliphatic carbocycles. The summed E-state index contributed by atoms with van der Waals surface area (Å²) in [7, 11) is -3.80. The number of carbonyl (C=O) groups excluding carboxylic acids is 1. The number of nitrogens with zero attached hydrogens (tertiary/aromatic N) is 1. The number of esters is 1. The molecule has 0 aromatic heterocycles. The lowest BCUT2D eigenvalue weighted by molar-refractivity contribution is -0.148. The molecule has 1 aromatic rings. The van der Waals surface area contributed by atoms with Crippen LogP contribution in [0.5, 0.6) is 0 Å². The van der Waals surface area contributed by atoms with Crippen LogP contribution in [0.2, 0.25) is 0 Å². The van der Waals surface area contributed by atoms with Crippen LogP contribution < -0.4 is 4.83 Å². The second-order valence-corrected chi connectivity index (χ2v) is 16.9. The van der Waals surface area contributed by atoms with Crippen LogP contribution in [0.25, 0.3) is 0 Å². The first-order valence-corrected chi connectivity index (χ1v) is 18.3. The van der Waals surface area contributed by atoms with Gasteiger partial charge in [-0.05, 0) is 104 Å². The average molecular weight is 611 g/mol. The predicted octanol–water partition coefficient (Wildman–Crippen LogP) is 8.21. The van der Waals surface area contributed by atoms with Crippen molar-refractivity contribution in [2.24, 2.45) is 51.4 Å². The Morgan fingerprint density at radius 3 is 2.42 bits per heavy atom. The molecule has 7 heteroatoms. The Bertz CT molecular complexity index is 1350. The normalized spacial score (nSPS) is 35.5. The molecular weight excluding hydrogens is 556 g/mol. The fourth-order valence-corrected chi connectivity index (χ4v) is 10.6. The predicted molar refractivity (Wildman–Crippen MR) is 173 cm³/mol. The number of hydrogen-bond donors (Lipinski definition) is 1. The van der Waals surface area contributed by atoms with E-state index >= 15 is 0 Å². The number of benzene rings is 1. The van der Waals surface area contributed by atoms with Gasteiger partial charge in [-0.3, -0.25) is 4.79 Å². The molecule has 1 N–H and O–H groups in total. The second kappa shape index (κ2) is 12.3. The molecule has 0 amide bonds. The molecule has 8 atom stereocenters. The molecule has 0 spiro atoms. The molecule has 4 aliphatic rings. The molecular formula is C36H54N2O4S. The molecule has 3 saturated carbocycles. The van der Waals surface area contributed by atoms with Crippen LogP contribution in [0.4, 0.5) is 0 Å². The van der Waals surface area contributed by atoms with E-state index in [4.69, 9.17) is 9.84 Å². The van der Waals surface area contributed by atoms with Gasteiger partial charge < -0.3 is 4.74 Å². The van der Waals surface area contributed by atoms with Crippen molar-refractivity contribution in [2.45, 2.75) is 124 Å². The van der Waals surface area contributed by atoms with E-state index in [1.165, 1.54) is 51.0 Å². The smallest absolute Gasteiger partial charge is 0.302 e. The summed E-state index contributed by atoms with van der Waals surface area (Å²) in [5.41, 5.74) is 3.39. The number of sulfonamides is 1. The highest BCUT2D eigenvalue weighted by Crippen LogP contribution is 2.67. The fourth-order valence-electron chi connectivity index (χ4n) is 9.74. The van der Waals surface area contributed by atoms with Gasteiger partial charge in [0.15, 0.2) is 0 Å². The number of ether oxygens (including phenoxy) is 1. The molecule has 0 aliphatic heterocycles. The van der Waals surface area contributed by atoms with Crippen LogP contribution in [-0.4, -0.2) is 26.2 Å². The second-order valence-electron chi connectivity index (χ2n) is 15.3. The minimum atomic E-state index is -3.80. The number of carbonyl (C=O) groups is 1. The summed E-state index contributed by atoms with van der Waals surface area (Å²) < 4.78 is 32.4. The largest absolute Gasteiger partial charge is 0.462 e. The van der Waals surface area contributed by atoms with Crippen molar-refractivity contribution in [3.63, 3.8) is 0 Å². The highest BCUT2D eigenvalue weighted by molar-refractivity contribution is 7.89. The van der Waals surface area contributed by atoms with Crippen LogP contribution in [0, 0.1) is 53.3 Å². The maximum atomic E-state index is 13.3. The summed E-state index contributed by atoms with van der Waals surface area (Å²) >= 11 is 0. The Kier molecular flexibility index (Phi) is 9.25. The Balaban J connectivity index is 1.49. The van der Waals surface area contributed by atoms with E-state index in [2.05, 4.69) is 45.5 Å². The van der Waals surface area contributed by atoms with E-state index in [9.17, 15) is 13.2 Å². The quantitative estimate of drug-likeness (QED) is 0.226. The number of hydrazone groups is 1. The van der Waals surface area contributed by atoms with Crippen molar-refractivity contribution in [1.82, 2.24) is 4.83 Å². The van der Waals surface area contributed by atoms with Gasteiger partial charge in [-0.2, -0.15) is 18.4 Å². The maximum absolute atomic E-state index is 13.3. The summed E-state index contributed by atoms with van der Waals surface area (Å²) in [6, 6.07) is 6.91. The van der Waals surface area contributed by atoms with Crippen molar-refractivity contribution in [3.05, 3.63) is 41.5 Å². The number of allylic oxidation sites excluding steroid dienone is 1. The van der Waals surface area contributed by atoms with Crippen molar-refractivity contribution in [2.75, 3.05) is 0 Å².